The second-order valence-electron chi connectivity index (χ2n) is 4.95. The summed E-state index contributed by atoms with van der Waals surface area (Å²) in [6.07, 6.45) is 2.70. The molecule has 0 saturated heterocycles. The van der Waals surface area contributed by atoms with Crippen LogP contribution in [0.15, 0.2) is 4.52 Å². The van der Waals surface area contributed by atoms with Gasteiger partial charge in [-0.1, -0.05) is 25.9 Å². The minimum absolute atomic E-state index is 0.235. The quantitative estimate of drug-likeness (QED) is 0.729. The summed E-state index contributed by atoms with van der Waals surface area (Å²) in [5.41, 5.74) is 0. The highest BCUT2D eigenvalue weighted by Gasteiger charge is 2.13. The lowest BCUT2D eigenvalue weighted by Gasteiger charge is -2.14. The van der Waals surface area contributed by atoms with E-state index < -0.39 is 0 Å². The van der Waals surface area contributed by atoms with Gasteiger partial charge in [0.25, 0.3) is 0 Å². The van der Waals surface area contributed by atoms with Gasteiger partial charge in [-0.05, 0) is 18.9 Å². The van der Waals surface area contributed by atoms with Crippen LogP contribution in [0.2, 0.25) is 0 Å². The van der Waals surface area contributed by atoms with Gasteiger partial charge in [0.05, 0.1) is 6.61 Å². The first-order chi connectivity index (χ1) is 8.65. The molecule has 0 aliphatic carbocycles. The SMILES string of the molecule is CCNC(COC)Cc1nc(CCC(C)C)no1. The average molecular weight is 255 g/mol. The molecule has 0 aliphatic heterocycles. The smallest absolute Gasteiger partial charge is 0.228 e. The third-order valence-corrected chi connectivity index (χ3v) is 2.74. The molecule has 0 amide bonds. The minimum atomic E-state index is 0.235. The van der Waals surface area contributed by atoms with Crippen molar-refractivity contribution in [1.29, 1.82) is 0 Å². The fourth-order valence-corrected chi connectivity index (χ4v) is 1.78. The zero-order chi connectivity index (χ0) is 13.4. The van der Waals surface area contributed by atoms with Crippen LogP contribution >= 0.6 is 0 Å². The van der Waals surface area contributed by atoms with E-state index in [-0.39, 0.29) is 6.04 Å². The first-order valence-electron chi connectivity index (χ1n) is 6.69. The second-order valence-corrected chi connectivity index (χ2v) is 4.95. The predicted molar refractivity (Wildman–Crippen MR) is 70.5 cm³/mol. The molecule has 0 aliphatic rings. The Morgan fingerprint density at radius 1 is 1.39 bits per heavy atom. The Morgan fingerprint density at radius 3 is 2.78 bits per heavy atom. The molecule has 0 spiro atoms. The molecule has 0 fully saturated rings. The molecular formula is C13H25N3O2. The van der Waals surface area contributed by atoms with Crippen LogP contribution in [-0.4, -0.2) is 36.4 Å². The largest absolute Gasteiger partial charge is 0.383 e. The van der Waals surface area contributed by atoms with Crippen LogP contribution in [0.25, 0.3) is 0 Å². The van der Waals surface area contributed by atoms with E-state index in [0.29, 0.717) is 18.4 Å². The Kier molecular flexibility index (Phi) is 6.90. The Morgan fingerprint density at radius 2 is 2.17 bits per heavy atom. The molecule has 5 heteroatoms. The molecule has 1 atom stereocenters. The topological polar surface area (TPSA) is 60.2 Å². The molecule has 1 rings (SSSR count). The Balaban J connectivity index is 2.45. The van der Waals surface area contributed by atoms with Crippen molar-refractivity contribution in [3.8, 4) is 0 Å². The van der Waals surface area contributed by atoms with Gasteiger partial charge in [0.2, 0.25) is 5.89 Å². The first kappa shape index (κ1) is 15.1. The van der Waals surface area contributed by atoms with E-state index in [1.165, 1.54) is 0 Å². The minimum Gasteiger partial charge on any atom is -0.383 e. The third kappa shape index (κ3) is 5.60. The lowest BCUT2D eigenvalue weighted by atomic mass is 10.1. The van der Waals surface area contributed by atoms with Crippen molar-refractivity contribution >= 4 is 0 Å². The van der Waals surface area contributed by atoms with E-state index in [0.717, 1.165) is 31.6 Å². The monoisotopic (exact) mass is 255 g/mol. The van der Waals surface area contributed by atoms with E-state index in [4.69, 9.17) is 9.26 Å². The number of ether oxygens (including phenoxy) is 1. The summed E-state index contributed by atoms with van der Waals surface area (Å²) in [5, 5.41) is 7.35. The van der Waals surface area contributed by atoms with Crippen molar-refractivity contribution in [3.05, 3.63) is 11.7 Å². The van der Waals surface area contributed by atoms with Crippen LogP contribution in [0.4, 0.5) is 0 Å². The van der Waals surface area contributed by atoms with Crippen LogP contribution in [-0.2, 0) is 17.6 Å². The first-order valence-corrected chi connectivity index (χ1v) is 6.69. The summed E-state index contributed by atoms with van der Waals surface area (Å²) in [7, 11) is 1.70. The molecule has 5 nitrogen and oxygen atoms in total. The van der Waals surface area contributed by atoms with Crippen molar-refractivity contribution in [2.75, 3.05) is 20.3 Å². The lowest BCUT2D eigenvalue weighted by molar-refractivity contribution is 0.162. The Hall–Kier alpha value is -0.940. The second kappa shape index (κ2) is 8.21. The number of hydrogen-bond donors (Lipinski definition) is 1. The fraction of sp³-hybridized carbons (Fsp3) is 0.846. The number of nitrogens with one attached hydrogen (secondary N) is 1. The van der Waals surface area contributed by atoms with Gasteiger partial charge in [0.15, 0.2) is 5.82 Å². The van der Waals surface area contributed by atoms with Crippen molar-refractivity contribution in [1.82, 2.24) is 15.5 Å². The molecule has 0 aromatic carbocycles. The maximum atomic E-state index is 5.26. The highest BCUT2D eigenvalue weighted by molar-refractivity contribution is 4.90. The Bertz CT molecular complexity index is 320. The highest BCUT2D eigenvalue weighted by Crippen LogP contribution is 2.08. The van der Waals surface area contributed by atoms with Crippen molar-refractivity contribution in [2.45, 2.75) is 46.1 Å². The van der Waals surface area contributed by atoms with E-state index in [1.807, 2.05) is 0 Å². The summed E-state index contributed by atoms with van der Waals surface area (Å²) in [5.74, 6) is 2.16. The molecule has 104 valence electrons. The molecule has 0 radical (unpaired) electrons. The zero-order valence-electron chi connectivity index (χ0n) is 11.9. The van der Waals surface area contributed by atoms with Gasteiger partial charge in [0, 0.05) is 26.0 Å². The molecule has 1 aromatic heterocycles. The summed E-state index contributed by atoms with van der Waals surface area (Å²) in [6, 6.07) is 0.235. The summed E-state index contributed by atoms with van der Waals surface area (Å²) < 4.78 is 10.4. The van der Waals surface area contributed by atoms with Gasteiger partial charge < -0.3 is 14.6 Å². The lowest BCUT2D eigenvalue weighted by Crippen LogP contribution is -2.35. The number of rotatable bonds is 9. The van der Waals surface area contributed by atoms with Crippen LogP contribution in [0, 0.1) is 5.92 Å². The van der Waals surface area contributed by atoms with Crippen LogP contribution in [0.5, 0.6) is 0 Å². The van der Waals surface area contributed by atoms with Gasteiger partial charge in [-0.15, -0.1) is 0 Å². The number of aromatic nitrogens is 2. The number of likely N-dealkylation sites (N-methyl/N-ethyl adjacent to an activating group) is 1. The molecule has 1 unspecified atom stereocenters. The number of methoxy groups -OCH3 is 1. The van der Waals surface area contributed by atoms with Gasteiger partial charge in [0.1, 0.15) is 0 Å². The normalized spacial score (nSPS) is 13.2. The van der Waals surface area contributed by atoms with E-state index in [1.54, 1.807) is 7.11 Å². The molecule has 0 bridgehead atoms. The van der Waals surface area contributed by atoms with Crippen LogP contribution < -0.4 is 5.32 Å². The van der Waals surface area contributed by atoms with Gasteiger partial charge >= 0.3 is 0 Å². The maximum Gasteiger partial charge on any atom is 0.228 e. The number of aryl methyl sites for hydroxylation is 1. The van der Waals surface area contributed by atoms with Gasteiger partial charge in [-0.2, -0.15) is 4.98 Å². The standard InChI is InChI=1S/C13H25N3O2/c1-5-14-11(9-17-4)8-13-15-12(16-18-13)7-6-10(2)3/h10-11,14H,5-9H2,1-4H3. The summed E-state index contributed by atoms with van der Waals surface area (Å²) >= 11 is 0. The van der Waals surface area contributed by atoms with Crippen molar-refractivity contribution in [3.63, 3.8) is 0 Å². The van der Waals surface area contributed by atoms with E-state index >= 15 is 0 Å². The number of nitrogens with zero attached hydrogens (tertiary/aromatic N) is 2. The molecule has 0 saturated carbocycles. The van der Waals surface area contributed by atoms with Crippen molar-refractivity contribution in [2.24, 2.45) is 5.92 Å². The van der Waals surface area contributed by atoms with Crippen LogP contribution in [0.3, 0.4) is 0 Å². The number of hydrogen-bond acceptors (Lipinski definition) is 5. The zero-order valence-corrected chi connectivity index (χ0v) is 11.9. The maximum absolute atomic E-state index is 5.26. The van der Waals surface area contributed by atoms with Gasteiger partial charge in [-0.25, -0.2) is 0 Å². The van der Waals surface area contributed by atoms with Crippen molar-refractivity contribution < 1.29 is 9.26 Å². The van der Waals surface area contributed by atoms with E-state index in [2.05, 4.69) is 36.2 Å². The molecule has 18 heavy (non-hydrogen) atoms. The van der Waals surface area contributed by atoms with Gasteiger partial charge in [-0.3, -0.25) is 0 Å². The molecular weight excluding hydrogens is 230 g/mol. The predicted octanol–water partition coefficient (Wildman–Crippen LogP) is 1.83. The molecule has 1 heterocycles. The Labute approximate surface area is 109 Å². The average Bonchev–Trinajstić information content (AvgIpc) is 2.75. The summed E-state index contributed by atoms with van der Waals surface area (Å²) in [4.78, 5) is 4.41. The molecule has 1 aromatic rings. The third-order valence-electron chi connectivity index (χ3n) is 2.74. The molecule has 1 N–H and O–H groups in total. The fourth-order valence-electron chi connectivity index (χ4n) is 1.78. The van der Waals surface area contributed by atoms with Crippen LogP contribution in [0.1, 0.15) is 38.9 Å². The highest BCUT2D eigenvalue weighted by atomic mass is 16.5. The van der Waals surface area contributed by atoms with E-state index in [9.17, 15) is 0 Å². The summed E-state index contributed by atoms with van der Waals surface area (Å²) in [6.45, 7) is 8.02.